The highest BCUT2D eigenvalue weighted by molar-refractivity contribution is 5.46. The summed E-state index contributed by atoms with van der Waals surface area (Å²) in [5.74, 6) is 0.958. The summed E-state index contributed by atoms with van der Waals surface area (Å²) in [7, 11) is 1.72. The summed E-state index contributed by atoms with van der Waals surface area (Å²) >= 11 is 0. The number of ether oxygens (including phenoxy) is 2. The van der Waals surface area contributed by atoms with Crippen molar-refractivity contribution < 1.29 is 9.47 Å². The van der Waals surface area contributed by atoms with Crippen molar-refractivity contribution in [3.05, 3.63) is 24.3 Å². The minimum Gasteiger partial charge on any atom is -0.494 e. The molecule has 0 atom stereocenters. The van der Waals surface area contributed by atoms with E-state index in [1.165, 1.54) is 25.7 Å². The summed E-state index contributed by atoms with van der Waals surface area (Å²) in [5, 5.41) is 6.68. The molecule has 0 aromatic heterocycles. The van der Waals surface area contributed by atoms with E-state index in [1.807, 2.05) is 12.1 Å². The molecule has 0 aliphatic heterocycles. The quantitative estimate of drug-likeness (QED) is 0.514. The molecule has 0 heterocycles. The first-order valence-electron chi connectivity index (χ1n) is 8.53. The van der Waals surface area contributed by atoms with Crippen molar-refractivity contribution in [1.82, 2.24) is 5.32 Å². The fourth-order valence-electron chi connectivity index (χ4n) is 2.16. The summed E-state index contributed by atoms with van der Waals surface area (Å²) in [5.41, 5.74) is 1.13. The van der Waals surface area contributed by atoms with Crippen LogP contribution in [0.15, 0.2) is 24.3 Å². The molecule has 0 spiro atoms. The Morgan fingerprint density at radius 1 is 0.864 bits per heavy atom. The van der Waals surface area contributed by atoms with E-state index in [4.69, 9.17) is 9.47 Å². The van der Waals surface area contributed by atoms with Crippen molar-refractivity contribution in [1.29, 1.82) is 0 Å². The van der Waals surface area contributed by atoms with Crippen LogP contribution in [0.5, 0.6) is 5.75 Å². The fourth-order valence-corrected chi connectivity index (χ4v) is 2.16. The van der Waals surface area contributed by atoms with E-state index in [2.05, 4.69) is 29.7 Å². The van der Waals surface area contributed by atoms with Gasteiger partial charge in [-0.1, -0.05) is 32.6 Å². The SMILES string of the molecule is CCCCCCCOc1ccc(NCCNCCOC)cc1. The zero-order valence-corrected chi connectivity index (χ0v) is 14.2. The monoisotopic (exact) mass is 308 g/mol. The molecule has 0 unspecified atom stereocenters. The fraction of sp³-hybridized carbons (Fsp3) is 0.667. The van der Waals surface area contributed by atoms with Crippen LogP contribution in [0, 0.1) is 0 Å². The lowest BCUT2D eigenvalue weighted by Crippen LogP contribution is -2.25. The van der Waals surface area contributed by atoms with Crippen LogP contribution in [-0.4, -0.2) is 40.0 Å². The van der Waals surface area contributed by atoms with Gasteiger partial charge in [0, 0.05) is 32.4 Å². The van der Waals surface area contributed by atoms with Crippen LogP contribution in [0.1, 0.15) is 39.0 Å². The van der Waals surface area contributed by atoms with Crippen molar-refractivity contribution >= 4 is 5.69 Å². The van der Waals surface area contributed by atoms with Gasteiger partial charge in [0.15, 0.2) is 0 Å². The van der Waals surface area contributed by atoms with E-state index in [9.17, 15) is 0 Å². The van der Waals surface area contributed by atoms with Crippen molar-refractivity contribution in [2.75, 3.05) is 45.3 Å². The normalized spacial score (nSPS) is 10.6. The van der Waals surface area contributed by atoms with Crippen LogP contribution in [0.2, 0.25) is 0 Å². The Bertz CT molecular complexity index is 320. The molecule has 0 aliphatic rings. The number of hydrogen-bond acceptors (Lipinski definition) is 4. The maximum absolute atomic E-state index is 5.76. The second kappa shape index (κ2) is 13.4. The smallest absolute Gasteiger partial charge is 0.119 e. The highest BCUT2D eigenvalue weighted by Gasteiger charge is 1.96. The van der Waals surface area contributed by atoms with Gasteiger partial charge in [-0.2, -0.15) is 0 Å². The van der Waals surface area contributed by atoms with Gasteiger partial charge in [0.05, 0.1) is 13.2 Å². The van der Waals surface area contributed by atoms with Gasteiger partial charge < -0.3 is 20.1 Å². The second-order valence-electron chi connectivity index (χ2n) is 5.46. The number of anilines is 1. The van der Waals surface area contributed by atoms with Crippen LogP contribution < -0.4 is 15.4 Å². The molecule has 0 fully saturated rings. The Kier molecular flexibility index (Phi) is 11.4. The average Bonchev–Trinajstić information content (AvgIpc) is 2.55. The lowest BCUT2D eigenvalue weighted by Gasteiger charge is -2.09. The summed E-state index contributed by atoms with van der Waals surface area (Å²) in [6.45, 7) is 6.54. The maximum atomic E-state index is 5.76. The molecule has 126 valence electrons. The van der Waals surface area contributed by atoms with Gasteiger partial charge in [0.2, 0.25) is 0 Å². The molecule has 0 bridgehead atoms. The first kappa shape index (κ1) is 18.8. The summed E-state index contributed by atoms with van der Waals surface area (Å²) in [6.07, 6.45) is 6.36. The molecule has 0 radical (unpaired) electrons. The Labute approximate surface area is 135 Å². The molecule has 4 heteroatoms. The van der Waals surface area contributed by atoms with Gasteiger partial charge in [-0.05, 0) is 30.7 Å². The van der Waals surface area contributed by atoms with Crippen LogP contribution in [0.4, 0.5) is 5.69 Å². The van der Waals surface area contributed by atoms with Gasteiger partial charge >= 0.3 is 0 Å². The van der Waals surface area contributed by atoms with Crippen LogP contribution in [0.3, 0.4) is 0 Å². The molecule has 1 rings (SSSR count). The van der Waals surface area contributed by atoms with Crippen molar-refractivity contribution in [2.45, 2.75) is 39.0 Å². The highest BCUT2D eigenvalue weighted by atomic mass is 16.5. The molecule has 2 N–H and O–H groups in total. The number of nitrogens with one attached hydrogen (secondary N) is 2. The van der Waals surface area contributed by atoms with Gasteiger partial charge in [0.1, 0.15) is 5.75 Å². The Balaban J connectivity index is 2.07. The molecule has 0 aliphatic carbocycles. The van der Waals surface area contributed by atoms with Crippen molar-refractivity contribution in [3.63, 3.8) is 0 Å². The number of rotatable bonds is 14. The third-order valence-corrected chi connectivity index (χ3v) is 3.48. The van der Waals surface area contributed by atoms with E-state index < -0.39 is 0 Å². The summed E-state index contributed by atoms with van der Waals surface area (Å²) in [4.78, 5) is 0. The molecule has 0 saturated carbocycles. The number of benzene rings is 1. The standard InChI is InChI=1S/C18H32N2O2/c1-3-4-5-6-7-15-22-18-10-8-17(9-11-18)20-13-12-19-14-16-21-2/h8-11,19-20H,3-7,12-16H2,1-2H3. The maximum Gasteiger partial charge on any atom is 0.119 e. The lowest BCUT2D eigenvalue weighted by atomic mass is 10.2. The van der Waals surface area contributed by atoms with Gasteiger partial charge in [0.25, 0.3) is 0 Å². The highest BCUT2D eigenvalue weighted by Crippen LogP contribution is 2.16. The molecule has 0 saturated heterocycles. The Hall–Kier alpha value is -1.26. The van der Waals surface area contributed by atoms with Crippen LogP contribution >= 0.6 is 0 Å². The number of hydrogen-bond donors (Lipinski definition) is 2. The van der Waals surface area contributed by atoms with Crippen molar-refractivity contribution in [2.24, 2.45) is 0 Å². The molecule has 0 amide bonds. The minimum atomic E-state index is 0.754. The molecule has 22 heavy (non-hydrogen) atoms. The van der Waals surface area contributed by atoms with E-state index in [-0.39, 0.29) is 0 Å². The van der Waals surface area contributed by atoms with E-state index >= 15 is 0 Å². The third-order valence-electron chi connectivity index (χ3n) is 3.48. The van der Waals surface area contributed by atoms with Crippen LogP contribution in [0.25, 0.3) is 0 Å². The van der Waals surface area contributed by atoms with Crippen LogP contribution in [-0.2, 0) is 4.74 Å². The molecule has 4 nitrogen and oxygen atoms in total. The first-order valence-corrected chi connectivity index (χ1v) is 8.53. The molecule has 1 aromatic carbocycles. The third kappa shape index (κ3) is 9.64. The first-order chi connectivity index (χ1) is 10.9. The van der Waals surface area contributed by atoms with Gasteiger partial charge in [-0.3, -0.25) is 0 Å². The largest absolute Gasteiger partial charge is 0.494 e. The lowest BCUT2D eigenvalue weighted by molar-refractivity contribution is 0.200. The van der Waals surface area contributed by atoms with Gasteiger partial charge in [-0.25, -0.2) is 0 Å². The van der Waals surface area contributed by atoms with E-state index in [0.29, 0.717) is 0 Å². The van der Waals surface area contributed by atoms with Gasteiger partial charge in [-0.15, -0.1) is 0 Å². The number of methoxy groups -OCH3 is 1. The zero-order chi connectivity index (χ0) is 15.9. The Morgan fingerprint density at radius 2 is 1.64 bits per heavy atom. The molecular formula is C18H32N2O2. The average molecular weight is 308 g/mol. The topological polar surface area (TPSA) is 42.5 Å². The van der Waals surface area contributed by atoms with E-state index in [1.54, 1.807) is 7.11 Å². The van der Waals surface area contributed by atoms with Crippen molar-refractivity contribution in [3.8, 4) is 5.75 Å². The zero-order valence-electron chi connectivity index (χ0n) is 14.2. The molecular weight excluding hydrogens is 276 g/mol. The Morgan fingerprint density at radius 3 is 2.36 bits per heavy atom. The summed E-state index contributed by atoms with van der Waals surface area (Å²) < 4.78 is 10.7. The summed E-state index contributed by atoms with van der Waals surface area (Å²) in [6, 6.07) is 8.21. The minimum absolute atomic E-state index is 0.754. The predicted molar refractivity (Wildman–Crippen MR) is 93.9 cm³/mol. The predicted octanol–water partition coefficient (Wildman–Crippen LogP) is 3.68. The second-order valence-corrected chi connectivity index (χ2v) is 5.46. The number of unbranched alkanes of at least 4 members (excludes halogenated alkanes) is 4. The van der Waals surface area contributed by atoms with E-state index in [0.717, 1.165) is 50.7 Å². The molecule has 1 aromatic rings.